The van der Waals surface area contributed by atoms with Gasteiger partial charge in [-0.1, -0.05) is 26.0 Å². The molecular formula is C13H20IN3O3. The molecule has 1 aromatic rings. The van der Waals surface area contributed by atoms with E-state index < -0.39 is 11.0 Å². The minimum atomic E-state index is -1.32. The van der Waals surface area contributed by atoms with Crippen LogP contribution in [0.15, 0.2) is 0 Å². The third kappa shape index (κ3) is 2.29. The van der Waals surface area contributed by atoms with Crippen LogP contribution in [0.3, 0.4) is 0 Å². The Balaban J connectivity index is 2.22. The third-order valence-corrected chi connectivity index (χ3v) is 6.06. The van der Waals surface area contributed by atoms with Crippen LogP contribution in [0.5, 0.6) is 0 Å². The summed E-state index contributed by atoms with van der Waals surface area (Å²) in [5.41, 5.74) is -1.32. The van der Waals surface area contributed by atoms with Crippen LogP contribution in [0.2, 0.25) is 0 Å². The summed E-state index contributed by atoms with van der Waals surface area (Å²) in [6, 6.07) is 0. The van der Waals surface area contributed by atoms with Gasteiger partial charge in [0.2, 0.25) is 0 Å². The Labute approximate surface area is 131 Å². The lowest BCUT2D eigenvalue weighted by Gasteiger charge is -2.38. The topological polar surface area (TPSA) is 88.2 Å². The molecule has 0 amide bonds. The maximum atomic E-state index is 12.5. The average Bonchev–Trinajstić information content (AvgIpc) is 2.84. The van der Waals surface area contributed by atoms with Crippen LogP contribution < -0.4 is 0 Å². The van der Waals surface area contributed by atoms with E-state index >= 15 is 0 Å². The molecule has 2 N–H and O–H groups in total. The number of aliphatic hydroxyl groups is 2. The van der Waals surface area contributed by atoms with Crippen molar-refractivity contribution in [1.29, 1.82) is 0 Å². The summed E-state index contributed by atoms with van der Waals surface area (Å²) in [6.45, 7) is 5.72. The first-order valence-electron chi connectivity index (χ1n) is 6.68. The van der Waals surface area contributed by atoms with Gasteiger partial charge in [-0.3, -0.25) is 4.79 Å². The molecule has 20 heavy (non-hydrogen) atoms. The number of aliphatic hydroxyl groups excluding tert-OH is 1. The van der Waals surface area contributed by atoms with Crippen LogP contribution >= 0.6 is 22.6 Å². The van der Waals surface area contributed by atoms with Crippen LogP contribution in [0, 0.1) is 15.0 Å². The molecule has 1 fully saturated rings. The largest absolute Gasteiger partial charge is 0.390 e. The Morgan fingerprint density at radius 1 is 1.55 bits per heavy atom. The Morgan fingerprint density at radius 2 is 2.20 bits per heavy atom. The SMILES string of the molecule is C[C@@H]1CC[C@](O)(C(=O)Cn2nnc(CO)c2I)C1(C)C. The molecule has 0 spiro atoms. The van der Waals surface area contributed by atoms with Gasteiger partial charge >= 0.3 is 0 Å². The minimum absolute atomic E-state index is 0.0159. The summed E-state index contributed by atoms with van der Waals surface area (Å²) in [5.74, 6) is 0.0541. The highest BCUT2D eigenvalue weighted by Gasteiger charge is 2.56. The van der Waals surface area contributed by atoms with Gasteiger partial charge in [-0.15, -0.1) is 5.10 Å². The van der Waals surface area contributed by atoms with E-state index in [1.54, 1.807) is 0 Å². The molecule has 6 nitrogen and oxygen atoms in total. The molecule has 0 unspecified atom stereocenters. The van der Waals surface area contributed by atoms with Crippen LogP contribution in [0.1, 0.15) is 39.3 Å². The molecule has 7 heteroatoms. The van der Waals surface area contributed by atoms with Gasteiger partial charge in [0.25, 0.3) is 0 Å². The summed E-state index contributed by atoms with van der Waals surface area (Å²) >= 11 is 1.99. The van der Waals surface area contributed by atoms with Gasteiger partial charge in [-0.25, -0.2) is 4.68 Å². The number of halogens is 1. The van der Waals surface area contributed by atoms with Crippen molar-refractivity contribution >= 4 is 28.4 Å². The summed E-state index contributed by atoms with van der Waals surface area (Å²) in [4.78, 5) is 12.5. The first-order valence-corrected chi connectivity index (χ1v) is 7.76. The lowest BCUT2D eigenvalue weighted by molar-refractivity contribution is -0.149. The zero-order chi connectivity index (χ0) is 15.1. The van der Waals surface area contributed by atoms with Crippen molar-refractivity contribution in [2.75, 3.05) is 0 Å². The quantitative estimate of drug-likeness (QED) is 0.749. The predicted molar refractivity (Wildman–Crippen MR) is 80.8 cm³/mol. The van der Waals surface area contributed by atoms with Crippen molar-refractivity contribution in [3.8, 4) is 0 Å². The minimum Gasteiger partial charge on any atom is -0.390 e. The number of ketones is 1. The van der Waals surface area contributed by atoms with Crippen LogP contribution in [-0.2, 0) is 17.9 Å². The Kier molecular flexibility index (Phi) is 4.23. The van der Waals surface area contributed by atoms with Gasteiger partial charge in [0.1, 0.15) is 21.5 Å². The number of nitrogens with zero attached hydrogens (tertiary/aromatic N) is 3. The maximum absolute atomic E-state index is 12.5. The molecular weight excluding hydrogens is 373 g/mol. The molecule has 1 aliphatic rings. The van der Waals surface area contributed by atoms with Crippen molar-refractivity contribution in [3.63, 3.8) is 0 Å². The second-order valence-electron chi connectivity index (χ2n) is 6.09. The van der Waals surface area contributed by atoms with E-state index in [-0.39, 0.29) is 18.9 Å². The van der Waals surface area contributed by atoms with Gasteiger partial charge in [0.15, 0.2) is 5.78 Å². The zero-order valence-electron chi connectivity index (χ0n) is 11.9. The second kappa shape index (κ2) is 5.34. The first kappa shape index (κ1) is 15.8. The van der Waals surface area contributed by atoms with Gasteiger partial charge in [-0.05, 0) is 41.4 Å². The fourth-order valence-electron chi connectivity index (χ4n) is 2.82. The van der Waals surface area contributed by atoms with Gasteiger partial charge in [0.05, 0.1) is 6.61 Å². The number of aromatic nitrogens is 3. The number of carbonyl (C=O) groups excluding carboxylic acids is 1. The number of rotatable bonds is 4. The Bertz CT molecular complexity index is 529. The van der Waals surface area contributed by atoms with Crippen LogP contribution in [0.25, 0.3) is 0 Å². The first-order chi connectivity index (χ1) is 9.24. The Hall–Kier alpha value is -0.540. The predicted octanol–water partition coefficient (Wildman–Crippen LogP) is 1.13. The highest BCUT2D eigenvalue weighted by molar-refractivity contribution is 14.1. The normalized spacial score (nSPS) is 28.8. The third-order valence-electron chi connectivity index (χ3n) is 4.88. The lowest BCUT2D eigenvalue weighted by Crippen LogP contribution is -2.50. The molecule has 0 saturated heterocycles. The molecule has 1 aromatic heterocycles. The van der Waals surface area contributed by atoms with Crippen molar-refractivity contribution in [2.24, 2.45) is 11.3 Å². The van der Waals surface area contributed by atoms with E-state index in [0.717, 1.165) is 6.42 Å². The number of Topliss-reactive ketones (excluding diaryl/α,β-unsaturated/α-hetero) is 1. The fraction of sp³-hybridized carbons (Fsp3) is 0.769. The fourth-order valence-corrected chi connectivity index (χ4v) is 3.36. The lowest BCUT2D eigenvalue weighted by atomic mass is 9.71. The summed E-state index contributed by atoms with van der Waals surface area (Å²) < 4.78 is 2.07. The van der Waals surface area contributed by atoms with Crippen molar-refractivity contribution in [2.45, 2.75) is 52.4 Å². The Morgan fingerprint density at radius 3 is 2.65 bits per heavy atom. The van der Waals surface area contributed by atoms with Crippen molar-refractivity contribution in [3.05, 3.63) is 9.39 Å². The second-order valence-corrected chi connectivity index (χ2v) is 7.11. The van der Waals surface area contributed by atoms with Crippen molar-refractivity contribution in [1.82, 2.24) is 15.0 Å². The molecule has 0 aliphatic heterocycles. The number of hydrogen-bond acceptors (Lipinski definition) is 5. The molecule has 0 radical (unpaired) electrons. The molecule has 2 rings (SSSR count). The number of carbonyl (C=O) groups is 1. The monoisotopic (exact) mass is 393 g/mol. The molecule has 1 heterocycles. The highest BCUT2D eigenvalue weighted by Crippen LogP contribution is 2.50. The zero-order valence-corrected chi connectivity index (χ0v) is 14.1. The summed E-state index contributed by atoms with van der Waals surface area (Å²) in [7, 11) is 0. The molecule has 112 valence electrons. The van der Waals surface area contributed by atoms with E-state index in [1.807, 2.05) is 36.4 Å². The number of hydrogen-bond donors (Lipinski definition) is 2. The van der Waals surface area contributed by atoms with Gasteiger partial charge in [0, 0.05) is 5.41 Å². The van der Waals surface area contributed by atoms with E-state index in [0.29, 0.717) is 21.7 Å². The smallest absolute Gasteiger partial charge is 0.186 e. The maximum Gasteiger partial charge on any atom is 0.186 e. The van der Waals surface area contributed by atoms with E-state index in [1.165, 1.54) is 4.68 Å². The van der Waals surface area contributed by atoms with E-state index in [4.69, 9.17) is 5.11 Å². The van der Waals surface area contributed by atoms with Gasteiger partial charge in [-0.2, -0.15) is 0 Å². The highest BCUT2D eigenvalue weighted by atomic mass is 127. The average molecular weight is 393 g/mol. The molecule has 0 aromatic carbocycles. The summed E-state index contributed by atoms with van der Waals surface area (Å²) in [5, 5.41) is 27.6. The molecule has 2 atom stereocenters. The van der Waals surface area contributed by atoms with Crippen LogP contribution in [0.4, 0.5) is 0 Å². The standard InChI is InChI=1S/C13H20IN3O3/c1-8-4-5-13(20,12(8,2)3)10(19)6-17-11(14)9(7-18)15-16-17/h8,18,20H,4-7H2,1-3H3/t8-,13+/m1/s1. The molecule has 1 aliphatic carbocycles. The summed E-state index contributed by atoms with van der Waals surface area (Å²) in [6.07, 6.45) is 1.32. The van der Waals surface area contributed by atoms with Gasteiger partial charge < -0.3 is 10.2 Å². The van der Waals surface area contributed by atoms with E-state index in [2.05, 4.69) is 17.2 Å². The molecule has 1 saturated carbocycles. The van der Waals surface area contributed by atoms with E-state index in [9.17, 15) is 9.90 Å². The van der Waals surface area contributed by atoms with Crippen LogP contribution in [-0.4, -0.2) is 36.6 Å². The molecule has 0 bridgehead atoms. The van der Waals surface area contributed by atoms with Crippen molar-refractivity contribution < 1.29 is 15.0 Å².